The normalized spacial score (nSPS) is 16.3. The summed E-state index contributed by atoms with van der Waals surface area (Å²) >= 11 is 0. The zero-order chi connectivity index (χ0) is 19.3. The lowest BCUT2D eigenvalue weighted by Gasteiger charge is -2.25. The van der Waals surface area contributed by atoms with Gasteiger partial charge < -0.3 is 4.90 Å². The van der Waals surface area contributed by atoms with E-state index in [1.807, 2.05) is 41.3 Å². The lowest BCUT2D eigenvalue weighted by Crippen LogP contribution is -2.32. The topological polar surface area (TPSA) is 46.1 Å². The summed E-state index contributed by atoms with van der Waals surface area (Å²) in [7, 11) is 0. The van der Waals surface area contributed by atoms with Gasteiger partial charge in [0.1, 0.15) is 5.82 Å². The molecule has 1 fully saturated rings. The summed E-state index contributed by atoms with van der Waals surface area (Å²) in [6, 6.07) is 16.3. The van der Waals surface area contributed by atoms with Crippen molar-refractivity contribution in [1.29, 1.82) is 0 Å². The molecule has 4 nitrogen and oxygen atoms in total. The Morgan fingerprint density at radius 2 is 1.89 bits per heavy atom. The molecule has 0 bridgehead atoms. The zero-order valence-corrected chi connectivity index (χ0v) is 15.6. The van der Waals surface area contributed by atoms with Crippen molar-refractivity contribution in [3.8, 4) is 0 Å². The van der Waals surface area contributed by atoms with Gasteiger partial charge in [-0.05, 0) is 60.4 Å². The van der Waals surface area contributed by atoms with Crippen LogP contribution in [0.4, 0.5) is 4.39 Å². The van der Waals surface area contributed by atoms with Crippen molar-refractivity contribution in [1.82, 2.24) is 14.9 Å². The lowest BCUT2D eigenvalue weighted by atomic mass is 10.1. The van der Waals surface area contributed by atoms with Crippen molar-refractivity contribution in [2.45, 2.75) is 31.7 Å². The first kappa shape index (κ1) is 18.3. The number of rotatable bonds is 5. The summed E-state index contributed by atoms with van der Waals surface area (Å²) in [6.45, 7) is 0.754. The van der Waals surface area contributed by atoms with E-state index in [1.165, 1.54) is 12.1 Å². The summed E-state index contributed by atoms with van der Waals surface area (Å²) in [6.07, 6.45) is 6.26. The van der Waals surface area contributed by atoms with Crippen LogP contribution in [0.2, 0.25) is 0 Å². The highest BCUT2D eigenvalue weighted by molar-refractivity contribution is 5.79. The van der Waals surface area contributed by atoms with Gasteiger partial charge in [0.2, 0.25) is 5.91 Å². The molecule has 4 rings (SSSR count). The predicted molar refractivity (Wildman–Crippen MR) is 105 cm³/mol. The second-order valence-corrected chi connectivity index (χ2v) is 7.14. The largest absolute Gasteiger partial charge is 0.334 e. The Balaban J connectivity index is 1.50. The molecule has 0 aliphatic carbocycles. The molecule has 1 atom stereocenters. The van der Waals surface area contributed by atoms with Crippen LogP contribution in [0.15, 0.2) is 67.0 Å². The van der Waals surface area contributed by atoms with Crippen LogP contribution in [-0.4, -0.2) is 27.3 Å². The van der Waals surface area contributed by atoms with Gasteiger partial charge in [-0.1, -0.05) is 18.2 Å². The third-order valence-corrected chi connectivity index (χ3v) is 5.12. The Kier molecular flexibility index (Phi) is 5.42. The summed E-state index contributed by atoms with van der Waals surface area (Å²) in [5, 5.41) is 0. The number of carbonyl (C=O) groups is 1. The van der Waals surface area contributed by atoms with E-state index in [9.17, 15) is 9.18 Å². The summed E-state index contributed by atoms with van der Waals surface area (Å²) in [5.74, 6) is -0.122. The fourth-order valence-electron chi connectivity index (χ4n) is 3.79. The number of pyridine rings is 2. The first-order valence-electron chi connectivity index (χ1n) is 9.58. The highest BCUT2D eigenvalue weighted by Crippen LogP contribution is 2.31. The molecule has 3 heterocycles. The molecule has 5 heteroatoms. The Labute approximate surface area is 164 Å². The number of hydrogen-bond acceptors (Lipinski definition) is 3. The second-order valence-electron chi connectivity index (χ2n) is 7.14. The van der Waals surface area contributed by atoms with E-state index in [0.717, 1.165) is 41.9 Å². The first-order chi connectivity index (χ1) is 13.7. The Morgan fingerprint density at radius 1 is 1.07 bits per heavy atom. The van der Waals surface area contributed by atoms with Crippen LogP contribution in [0.3, 0.4) is 0 Å². The van der Waals surface area contributed by atoms with Crippen molar-refractivity contribution in [2.24, 2.45) is 0 Å². The zero-order valence-electron chi connectivity index (χ0n) is 15.6. The molecule has 0 unspecified atom stereocenters. The van der Waals surface area contributed by atoms with Crippen LogP contribution < -0.4 is 0 Å². The number of halogens is 1. The molecule has 0 radical (unpaired) electrons. The van der Waals surface area contributed by atoms with Crippen LogP contribution >= 0.6 is 0 Å². The molecule has 1 aliphatic heterocycles. The number of likely N-dealkylation sites (tertiary alicyclic amines) is 1. The number of carbonyl (C=O) groups excluding carboxylic acids is 1. The molecule has 1 aliphatic rings. The molecule has 1 aromatic carbocycles. The minimum Gasteiger partial charge on any atom is -0.334 e. The van der Waals surface area contributed by atoms with Crippen molar-refractivity contribution in [3.63, 3.8) is 0 Å². The van der Waals surface area contributed by atoms with Crippen LogP contribution in [0, 0.1) is 5.82 Å². The molecule has 0 spiro atoms. The maximum Gasteiger partial charge on any atom is 0.227 e. The average molecular weight is 375 g/mol. The average Bonchev–Trinajstić information content (AvgIpc) is 3.19. The molecule has 3 aromatic rings. The van der Waals surface area contributed by atoms with Crippen molar-refractivity contribution in [2.75, 3.05) is 6.54 Å². The maximum absolute atomic E-state index is 13.4. The van der Waals surface area contributed by atoms with Gasteiger partial charge in [0.25, 0.3) is 0 Å². The Bertz CT molecular complexity index is 961. The fraction of sp³-hybridized carbons (Fsp3) is 0.261. The van der Waals surface area contributed by atoms with Gasteiger partial charge in [-0.3, -0.25) is 14.8 Å². The van der Waals surface area contributed by atoms with Crippen molar-refractivity contribution in [3.05, 3.63) is 95.3 Å². The van der Waals surface area contributed by atoms with Gasteiger partial charge in [-0.2, -0.15) is 0 Å². The van der Waals surface area contributed by atoms with E-state index < -0.39 is 0 Å². The highest BCUT2D eigenvalue weighted by Gasteiger charge is 2.30. The van der Waals surface area contributed by atoms with E-state index in [-0.39, 0.29) is 17.8 Å². The Morgan fingerprint density at radius 3 is 2.71 bits per heavy atom. The molecule has 1 saturated heterocycles. The SMILES string of the molecule is O=C(Cc1ccncc1)N1CCC[C@H]1c1cccc(Cc2cccc(F)c2)n1. The number of benzene rings is 1. The molecule has 1 amide bonds. The van der Waals surface area contributed by atoms with Crippen molar-refractivity contribution >= 4 is 5.91 Å². The smallest absolute Gasteiger partial charge is 0.227 e. The van der Waals surface area contributed by atoms with Crippen molar-refractivity contribution < 1.29 is 9.18 Å². The monoisotopic (exact) mass is 375 g/mol. The number of nitrogens with zero attached hydrogens (tertiary/aromatic N) is 3. The molecule has 0 saturated carbocycles. The minimum atomic E-state index is -0.239. The molecule has 0 N–H and O–H groups in total. The molecule has 142 valence electrons. The lowest BCUT2D eigenvalue weighted by molar-refractivity contribution is -0.131. The highest BCUT2D eigenvalue weighted by atomic mass is 19.1. The minimum absolute atomic E-state index is 0.00166. The van der Waals surface area contributed by atoms with E-state index in [1.54, 1.807) is 18.5 Å². The molecule has 28 heavy (non-hydrogen) atoms. The number of aromatic nitrogens is 2. The second kappa shape index (κ2) is 8.30. The van der Waals surface area contributed by atoms with Gasteiger partial charge in [0.15, 0.2) is 0 Å². The van der Waals surface area contributed by atoms with Crippen LogP contribution in [0.1, 0.15) is 41.4 Å². The third-order valence-electron chi connectivity index (χ3n) is 5.12. The Hall–Kier alpha value is -3.08. The van der Waals surface area contributed by atoms with Gasteiger partial charge >= 0.3 is 0 Å². The molecule has 2 aromatic heterocycles. The number of hydrogen-bond donors (Lipinski definition) is 0. The third kappa shape index (κ3) is 4.25. The summed E-state index contributed by atoms with van der Waals surface area (Å²) < 4.78 is 13.4. The van der Waals surface area contributed by atoms with Gasteiger partial charge in [-0.25, -0.2) is 4.39 Å². The predicted octanol–water partition coefficient (Wildman–Crippen LogP) is 4.11. The van der Waals surface area contributed by atoms with Crippen LogP contribution in [-0.2, 0) is 17.6 Å². The standard InChI is InChI=1S/C23H22FN3O/c24-19-5-1-4-18(14-19)15-20-6-2-7-21(26-20)22-8-3-13-27(22)23(28)16-17-9-11-25-12-10-17/h1-2,4-7,9-12,14,22H,3,8,13,15-16H2/t22-/m0/s1. The van der Waals surface area contributed by atoms with Crippen LogP contribution in [0.5, 0.6) is 0 Å². The number of amides is 1. The van der Waals surface area contributed by atoms with E-state index in [2.05, 4.69) is 4.98 Å². The van der Waals surface area contributed by atoms with E-state index >= 15 is 0 Å². The first-order valence-corrected chi connectivity index (χ1v) is 9.58. The maximum atomic E-state index is 13.4. The van der Waals surface area contributed by atoms with Gasteiger partial charge in [-0.15, -0.1) is 0 Å². The summed E-state index contributed by atoms with van der Waals surface area (Å²) in [4.78, 5) is 23.6. The quantitative estimate of drug-likeness (QED) is 0.674. The van der Waals surface area contributed by atoms with E-state index in [4.69, 9.17) is 4.98 Å². The molecular weight excluding hydrogens is 353 g/mol. The van der Waals surface area contributed by atoms with Crippen LogP contribution in [0.25, 0.3) is 0 Å². The summed E-state index contributed by atoms with van der Waals surface area (Å²) in [5.41, 5.74) is 3.66. The molecular formula is C23H22FN3O. The fourth-order valence-corrected chi connectivity index (χ4v) is 3.79. The van der Waals surface area contributed by atoms with E-state index in [0.29, 0.717) is 12.8 Å². The van der Waals surface area contributed by atoms with Gasteiger partial charge in [0, 0.05) is 31.1 Å². The van der Waals surface area contributed by atoms with Gasteiger partial charge in [0.05, 0.1) is 18.2 Å².